The van der Waals surface area contributed by atoms with Crippen LogP contribution in [0, 0.1) is 0 Å². The molecule has 39 heavy (non-hydrogen) atoms. The molecule has 0 aromatic carbocycles. The van der Waals surface area contributed by atoms with Gasteiger partial charge in [-0.2, -0.15) is 10.1 Å². The number of β-lactam (4-membered cyclic amide) rings is 1. The van der Waals surface area contributed by atoms with Crippen LogP contribution < -0.4 is 85.9 Å². The van der Waals surface area contributed by atoms with Crippen LogP contribution in [0.4, 0.5) is 5.13 Å². The van der Waals surface area contributed by atoms with Crippen LogP contribution in [0.25, 0.3) is 0 Å². The molecule has 2 aliphatic heterocycles. The van der Waals surface area contributed by atoms with Gasteiger partial charge in [0, 0.05) is 23.9 Å². The van der Waals surface area contributed by atoms with Crippen molar-refractivity contribution in [3.63, 3.8) is 0 Å². The fraction of sp³-hybridized carbons (Fsp3) is 0.368. The number of anilines is 1. The minimum absolute atomic E-state index is 0. The maximum atomic E-state index is 12.9. The first-order chi connectivity index (χ1) is 17.1. The van der Waals surface area contributed by atoms with Crippen molar-refractivity contribution < 1.29 is 88.5 Å². The number of aliphatic carboxylic acids is 1. The molecule has 0 spiro atoms. The van der Waals surface area contributed by atoms with Gasteiger partial charge in [0.05, 0.1) is 17.5 Å². The molecule has 198 valence electrons. The van der Waals surface area contributed by atoms with E-state index >= 15 is 0 Å². The first-order valence-corrected chi connectivity index (χ1v) is 12.8. The summed E-state index contributed by atoms with van der Waals surface area (Å²) in [4.78, 5) is 62.5. The Kier molecular flexibility index (Phi) is 13.5. The molecule has 20 heteroatoms. The van der Waals surface area contributed by atoms with Gasteiger partial charge in [-0.1, -0.05) is 24.3 Å². The van der Waals surface area contributed by atoms with Gasteiger partial charge in [-0.15, -0.1) is 23.1 Å². The van der Waals surface area contributed by atoms with E-state index < -0.39 is 40.6 Å². The Bertz CT molecular complexity index is 1380. The van der Waals surface area contributed by atoms with Crippen LogP contribution in [0.1, 0.15) is 13.1 Å². The van der Waals surface area contributed by atoms with E-state index in [4.69, 9.17) is 10.6 Å². The number of fused-ring (bicyclic) bond motifs is 1. The van der Waals surface area contributed by atoms with Gasteiger partial charge in [0.2, 0.25) is 0 Å². The number of nitrogens with two attached hydrogens (primary N) is 1. The predicted octanol–water partition coefficient (Wildman–Crippen LogP) is -8.52. The average molecular weight is 615 g/mol. The van der Waals surface area contributed by atoms with E-state index in [1.807, 2.05) is 0 Å². The van der Waals surface area contributed by atoms with Gasteiger partial charge in [0.15, 0.2) is 16.0 Å². The number of aryl methyl sites for hydroxylation is 1. The Morgan fingerprint density at radius 1 is 1.33 bits per heavy atom. The quantitative estimate of drug-likeness (QED) is 0.0928. The molecule has 4 heterocycles. The van der Waals surface area contributed by atoms with Crippen molar-refractivity contribution in [3.8, 4) is 5.88 Å². The zero-order valence-electron chi connectivity index (χ0n) is 20.5. The number of nitrogens with one attached hydrogen (secondary N) is 1. The van der Waals surface area contributed by atoms with Crippen LogP contribution in [0.15, 0.2) is 31.8 Å². The fourth-order valence-electron chi connectivity index (χ4n) is 3.39. The van der Waals surface area contributed by atoms with Gasteiger partial charge in [-0.25, -0.2) is 9.67 Å². The van der Waals surface area contributed by atoms with E-state index in [0.29, 0.717) is 5.57 Å². The summed E-state index contributed by atoms with van der Waals surface area (Å²) in [7, 11) is 2.66. The monoisotopic (exact) mass is 614 g/mol. The molecule has 2 aliphatic rings. The van der Waals surface area contributed by atoms with Gasteiger partial charge < -0.3 is 30.9 Å². The number of carbonyl (C=O) groups excluding carboxylic acids is 3. The fourth-order valence-corrected chi connectivity index (χ4v) is 6.33. The van der Waals surface area contributed by atoms with E-state index in [1.54, 1.807) is 0 Å². The molecule has 2 amide bonds. The molecule has 0 aliphatic carbocycles. The topological polar surface area (TPSA) is 221 Å². The summed E-state index contributed by atoms with van der Waals surface area (Å²) < 4.78 is 1.11. The molecular formula is C19H20N8Na2O7S3. The number of aromatic nitrogens is 4. The van der Waals surface area contributed by atoms with Crippen LogP contribution in [-0.4, -0.2) is 78.2 Å². The Morgan fingerprint density at radius 2 is 2.03 bits per heavy atom. The average Bonchev–Trinajstić information content (AvgIpc) is 3.27. The van der Waals surface area contributed by atoms with E-state index in [1.165, 1.54) is 31.3 Å². The number of rotatable bonds is 8. The largest absolute Gasteiger partial charge is 1.00 e. The number of carboxylic acids is 1. The Balaban J connectivity index is 0.00000253. The van der Waals surface area contributed by atoms with Crippen LogP contribution in [0.3, 0.4) is 0 Å². The van der Waals surface area contributed by atoms with Crippen LogP contribution in [0.5, 0.6) is 5.88 Å². The minimum Gasteiger partial charge on any atom is -0.854 e. The third-order valence-electron chi connectivity index (χ3n) is 4.96. The third kappa shape index (κ3) is 7.36. The molecule has 0 unspecified atom stereocenters. The number of nitrogen functional groups attached to an aromatic ring is 1. The van der Waals surface area contributed by atoms with E-state index in [-0.39, 0.29) is 105 Å². The van der Waals surface area contributed by atoms with E-state index in [0.717, 1.165) is 32.7 Å². The van der Waals surface area contributed by atoms with Crippen molar-refractivity contribution >= 4 is 63.5 Å². The van der Waals surface area contributed by atoms with Crippen molar-refractivity contribution in [2.24, 2.45) is 12.2 Å². The van der Waals surface area contributed by atoms with Crippen molar-refractivity contribution in [2.45, 2.75) is 24.0 Å². The molecule has 4 rings (SSSR count). The summed E-state index contributed by atoms with van der Waals surface area (Å²) in [6, 6.07) is -1.03. The van der Waals surface area contributed by atoms with Gasteiger partial charge in [-0.3, -0.25) is 19.3 Å². The van der Waals surface area contributed by atoms with Crippen LogP contribution in [0.2, 0.25) is 0 Å². The molecule has 0 radical (unpaired) electrons. The van der Waals surface area contributed by atoms with Gasteiger partial charge in [-0.05, 0) is 5.57 Å². The second-order valence-corrected chi connectivity index (χ2v) is 10.1. The number of hydrogen-bond acceptors (Lipinski definition) is 15. The summed E-state index contributed by atoms with van der Waals surface area (Å²) >= 11 is 3.31. The van der Waals surface area contributed by atoms with Gasteiger partial charge in [0.25, 0.3) is 17.4 Å². The van der Waals surface area contributed by atoms with Crippen LogP contribution in [-0.2, 0) is 26.3 Å². The number of carboxylic acid groups (broad SMARTS) is 1. The minimum atomic E-state index is -1.57. The molecule has 15 nitrogen and oxygen atoms in total. The second-order valence-electron chi connectivity index (χ2n) is 7.21. The van der Waals surface area contributed by atoms with Crippen molar-refractivity contribution in [2.75, 3.05) is 24.3 Å². The number of thiazole rings is 1. The first kappa shape index (κ1) is 35.4. The zero-order chi connectivity index (χ0) is 26.1. The Morgan fingerprint density at radius 3 is 2.62 bits per heavy atom. The molecule has 2 atom stereocenters. The number of oxime groups is 1. The summed E-state index contributed by atoms with van der Waals surface area (Å²) in [5, 5.41) is 34.1. The summed E-state index contributed by atoms with van der Waals surface area (Å²) in [5.74, 6) is -3.74. The Hall–Kier alpha value is -1.64. The zero-order valence-corrected chi connectivity index (χ0v) is 26.9. The number of thioether (sulfide) groups is 2. The normalized spacial score (nSPS) is 18.1. The van der Waals surface area contributed by atoms with Crippen molar-refractivity contribution in [3.05, 3.63) is 32.7 Å². The van der Waals surface area contributed by atoms with Crippen LogP contribution >= 0.6 is 34.9 Å². The van der Waals surface area contributed by atoms with E-state index in [2.05, 4.69) is 25.5 Å². The molecule has 0 bridgehead atoms. The molecule has 0 saturated carbocycles. The molecule has 3 N–H and O–H groups in total. The molecular weight excluding hydrogens is 594 g/mol. The summed E-state index contributed by atoms with van der Waals surface area (Å²) in [6.07, 6.45) is 0. The smallest absolute Gasteiger partial charge is 0.854 e. The Labute approximate surface area is 278 Å². The molecule has 2 aromatic rings. The number of hydrogen-bond donors (Lipinski definition) is 2. The van der Waals surface area contributed by atoms with Crippen molar-refractivity contribution in [1.82, 2.24) is 30.0 Å². The number of nitrogens with zero attached hydrogens (tertiary/aromatic N) is 6. The van der Waals surface area contributed by atoms with Gasteiger partial charge >= 0.3 is 59.1 Å². The van der Waals surface area contributed by atoms with E-state index in [9.17, 15) is 29.4 Å². The molecule has 1 fully saturated rings. The number of carbonyl (C=O) groups is 3. The molecule has 1 saturated heterocycles. The summed E-state index contributed by atoms with van der Waals surface area (Å²) in [5.41, 5.74) is 4.57. The standard InChI is InChI=1S/C18H18N8O7S3.CH4.2Na/c1-25-18(22-12(28)13(29)23-25)36-4-6-3-34-15-9(14(30)26(15)10(6)16(31)32)21-11(27)8(24-33-2)7-5-35-17(19)20-7;;;/h5,9,15H,3-4H2,1-2H3,(H2,19,20)(H,21,27)(H,23,29)(H,31,32);1H4;;/q;;2*+1/p-2/b24-8-;;;/t9-,15-;;;/m1.../s1. The predicted molar refractivity (Wildman–Crippen MR) is 131 cm³/mol. The van der Waals surface area contributed by atoms with Gasteiger partial charge in [0.1, 0.15) is 24.2 Å². The van der Waals surface area contributed by atoms with Crippen molar-refractivity contribution in [1.29, 1.82) is 0 Å². The number of amides is 2. The molecule has 2 aromatic heterocycles. The SMILES string of the molecule is C.CO/N=C(\C(=O)N[C@@H]1C(=O)N2C(C(=O)[O-])=C(CSc3nc(=O)c([O-])nn3C)CS[C@H]12)c1csc(N)n1.[Na+].[Na+]. The third-order valence-corrected chi connectivity index (χ3v) is 8.08. The summed E-state index contributed by atoms with van der Waals surface area (Å²) in [6.45, 7) is 0. The second kappa shape index (κ2) is 14.8. The first-order valence-electron chi connectivity index (χ1n) is 9.89. The maximum absolute atomic E-state index is 12.9. The maximum Gasteiger partial charge on any atom is 1.00 e.